The number of hydrogen-bond acceptors (Lipinski definition) is 0. The largest absolute Gasteiger partial charge is 0.130 e. The van der Waals surface area contributed by atoms with E-state index in [2.05, 4.69) is 53.2 Å². The van der Waals surface area contributed by atoms with Gasteiger partial charge in [0, 0.05) is 6.38 Å². The van der Waals surface area contributed by atoms with E-state index in [9.17, 15) is 0 Å². The summed E-state index contributed by atoms with van der Waals surface area (Å²) >= 11 is 6.01. The molecular weight excluding hydrogens is 438 g/mol. The van der Waals surface area contributed by atoms with E-state index in [1.54, 1.807) is 13.3 Å². The van der Waals surface area contributed by atoms with Gasteiger partial charge in [0.1, 0.15) is 0 Å². The summed E-state index contributed by atoms with van der Waals surface area (Å²) in [6.45, 7) is 11.0. The molecule has 0 aromatic carbocycles. The van der Waals surface area contributed by atoms with Gasteiger partial charge in [0.15, 0.2) is 0 Å². The van der Waals surface area contributed by atoms with Crippen molar-refractivity contribution in [1.29, 1.82) is 0 Å². The summed E-state index contributed by atoms with van der Waals surface area (Å²) in [5, 5.41) is 0. The number of hydrogen-bond donors (Lipinski definition) is 0. The minimum atomic E-state index is -1.56. The van der Waals surface area contributed by atoms with Gasteiger partial charge < -0.3 is 0 Å². The van der Waals surface area contributed by atoms with E-state index in [0.29, 0.717) is 0 Å². The summed E-state index contributed by atoms with van der Waals surface area (Å²) in [6, 6.07) is 0. The van der Waals surface area contributed by atoms with Gasteiger partial charge in [-0.15, -0.1) is 11.6 Å². The number of halogens is 2. The third-order valence-electron chi connectivity index (χ3n) is 3.40. The van der Waals surface area contributed by atoms with Crippen LogP contribution in [-0.2, 0) is 0 Å². The molecule has 0 saturated carbocycles. The zero-order valence-corrected chi connectivity index (χ0v) is 20.8. The van der Waals surface area contributed by atoms with Gasteiger partial charge in [-0.25, -0.2) is 0 Å². The molecule has 0 aliphatic rings. The molecule has 0 aliphatic heterocycles. The molecule has 0 aromatic rings. The van der Waals surface area contributed by atoms with Crippen LogP contribution in [0, 0.1) is 0 Å². The molecule has 0 spiro atoms. The summed E-state index contributed by atoms with van der Waals surface area (Å²) in [6.07, 6.45) is 10.2. The molecule has 0 saturated heterocycles. The van der Waals surface area contributed by atoms with Crippen LogP contribution in [0.3, 0.4) is 0 Å². The number of rotatable bonds is 9. The molecular formula is C17H42BrClSn. The van der Waals surface area contributed by atoms with Crippen molar-refractivity contribution in [3.63, 3.8) is 0 Å². The molecule has 0 aliphatic carbocycles. The first-order chi connectivity index (χ1) is 9.68. The Morgan fingerprint density at radius 2 is 0.900 bits per heavy atom. The van der Waals surface area contributed by atoms with E-state index >= 15 is 0 Å². The average Bonchev–Trinajstić information content (AvgIpc) is 2.55. The van der Waals surface area contributed by atoms with Crippen molar-refractivity contribution in [2.45, 2.75) is 91.4 Å². The fraction of sp³-hybridized carbons (Fsp3) is 1.00. The molecule has 0 N–H and O–H groups in total. The third-order valence-corrected chi connectivity index (χ3v) is 16.8. The van der Waals surface area contributed by atoms with Crippen LogP contribution in [0.5, 0.6) is 0 Å². The second kappa shape index (κ2) is 28.7. The molecule has 0 bridgehead atoms. The van der Waals surface area contributed by atoms with E-state index < -0.39 is 18.4 Å². The quantitative estimate of drug-likeness (QED) is 0.230. The Kier molecular flexibility index (Phi) is 42.4. The fourth-order valence-corrected chi connectivity index (χ4v) is 14.7. The van der Waals surface area contributed by atoms with Crippen molar-refractivity contribution in [2.24, 2.45) is 0 Å². The normalized spacial score (nSPS) is 9.30. The topological polar surface area (TPSA) is 0 Å². The monoisotopic (exact) mass is 480 g/mol. The first-order valence-corrected chi connectivity index (χ1v) is 19.7. The predicted molar refractivity (Wildman–Crippen MR) is 109 cm³/mol. The predicted octanol–water partition coefficient (Wildman–Crippen LogP) is 8.36. The van der Waals surface area contributed by atoms with Gasteiger partial charge in [-0.3, -0.25) is 0 Å². The number of alkyl halides is 2. The minimum absolute atomic E-state index is 1.41. The second-order valence-electron chi connectivity index (χ2n) is 5.12. The van der Waals surface area contributed by atoms with E-state index in [4.69, 9.17) is 0 Å². The molecule has 128 valence electrons. The zero-order chi connectivity index (χ0) is 16.9. The Labute approximate surface area is 148 Å². The summed E-state index contributed by atoms with van der Waals surface area (Å²) in [4.78, 5) is 2.72. The number of unbranched alkanes of at least 4 members (excludes halogenated alkanes) is 3. The molecule has 0 rings (SSSR count). The van der Waals surface area contributed by atoms with Crippen molar-refractivity contribution in [3.8, 4) is 0 Å². The van der Waals surface area contributed by atoms with Gasteiger partial charge in [0.25, 0.3) is 0 Å². The van der Waals surface area contributed by atoms with E-state index in [0.717, 1.165) is 0 Å². The van der Waals surface area contributed by atoms with E-state index in [1.165, 1.54) is 44.9 Å². The van der Waals surface area contributed by atoms with Crippen LogP contribution in [-0.4, -0.2) is 30.6 Å². The summed E-state index contributed by atoms with van der Waals surface area (Å²) in [7, 11) is 0. The fourth-order valence-electron chi connectivity index (χ4n) is 2.19. The van der Waals surface area contributed by atoms with Crippen LogP contribution >= 0.6 is 27.5 Å². The molecule has 0 aromatic heterocycles. The SMILES string of the molecule is CBr.CC.CCC[CH2][Sn]([CH3])([CH2]CCC)[CH2]CCC.CCl. The van der Waals surface area contributed by atoms with Crippen LogP contribution in [0.4, 0.5) is 0 Å². The molecule has 0 heterocycles. The summed E-state index contributed by atoms with van der Waals surface area (Å²) in [5.74, 6) is 1.81. The maximum absolute atomic E-state index is 4.64. The molecule has 0 atom stereocenters. The van der Waals surface area contributed by atoms with Gasteiger partial charge in [-0.05, 0) is 5.83 Å². The van der Waals surface area contributed by atoms with Crippen LogP contribution in [0.25, 0.3) is 0 Å². The van der Waals surface area contributed by atoms with Crippen LogP contribution in [0.2, 0.25) is 18.2 Å². The molecule has 0 radical (unpaired) electrons. The second-order valence-corrected chi connectivity index (χ2v) is 19.7. The standard InChI is InChI=1S/3C4H9.C2H6.CH3Br.CH3Cl.CH3.Sn/c3*1-3-4-2;3*1-2;;/h3*1,3-4H2,2H3;1-2H3;2*1H3;1H3;. The van der Waals surface area contributed by atoms with Crippen LogP contribution in [0.1, 0.15) is 73.1 Å². The van der Waals surface area contributed by atoms with Crippen LogP contribution in [0.15, 0.2) is 0 Å². The molecule has 0 nitrogen and oxygen atoms in total. The Morgan fingerprint density at radius 3 is 1.05 bits per heavy atom. The first-order valence-electron chi connectivity index (χ1n) is 8.44. The van der Waals surface area contributed by atoms with Gasteiger partial charge in [0.05, 0.1) is 0 Å². The third kappa shape index (κ3) is 24.6. The van der Waals surface area contributed by atoms with Crippen molar-refractivity contribution >= 4 is 45.9 Å². The Hall–Kier alpha value is 1.57. The Morgan fingerprint density at radius 1 is 0.700 bits per heavy atom. The Balaban J connectivity index is -0.000000187. The van der Waals surface area contributed by atoms with Gasteiger partial charge in [-0.1, -0.05) is 29.8 Å². The molecule has 0 unspecified atom stereocenters. The van der Waals surface area contributed by atoms with Gasteiger partial charge >= 0.3 is 95.9 Å². The van der Waals surface area contributed by atoms with E-state index in [-0.39, 0.29) is 0 Å². The first kappa shape index (κ1) is 29.6. The minimum Gasteiger partial charge on any atom is -0.130 e. The maximum Gasteiger partial charge on any atom is 0.0108 e. The Bertz CT molecular complexity index is 110. The van der Waals surface area contributed by atoms with Crippen LogP contribution < -0.4 is 0 Å². The molecule has 0 amide bonds. The van der Waals surface area contributed by atoms with E-state index in [1.807, 2.05) is 19.7 Å². The van der Waals surface area contributed by atoms with Crippen molar-refractivity contribution < 1.29 is 0 Å². The van der Waals surface area contributed by atoms with Crippen molar-refractivity contribution in [2.75, 3.05) is 12.2 Å². The van der Waals surface area contributed by atoms with Crippen molar-refractivity contribution in [3.05, 3.63) is 0 Å². The maximum atomic E-state index is 4.64. The zero-order valence-electron chi connectivity index (χ0n) is 15.6. The van der Waals surface area contributed by atoms with Gasteiger partial charge in [-0.2, -0.15) is 0 Å². The van der Waals surface area contributed by atoms with Crippen molar-refractivity contribution in [1.82, 2.24) is 0 Å². The summed E-state index contributed by atoms with van der Waals surface area (Å²) < 4.78 is 4.97. The molecule has 20 heavy (non-hydrogen) atoms. The smallest absolute Gasteiger partial charge is 0.0108 e. The van der Waals surface area contributed by atoms with Gasteiger partial charge in [0.2, 0.25) is 0 Å². The average molecular weight is 481 g/mol. The summed E-state index contributed by atoms with van der Waals surface area (Å²) in [5.41, 5.74) is 0. The molecule has 3 heteroatoms. The molecule has 0 fully saturated rings.